The van der Waals surface area contributed by atoms with Crippen molar-refractivity contribution in [3.05, 3.63) is 12.4 Å². The Balaban J connectivity index is 0. The summed E-state index contributed by atoms with van der Waals surface area (Å²) in [6.07, 6.45) is 3.47. The van der Waals surface area contributed by atoms with Gasteiger partial charge in [-0.1, -0.05) is 0 Å². The van der Waals surface area contributed by atoms with Gasteiger partial charge in [0.2, 0.25) is 0 Å². The summed E-state index contributed by atoms with van der Waals surface area (Å²) in [5.74, 6) is 0.528. The van der Waals surface area contributed by atoms with Crippen molar-refractivity contribution in [1.82, 2.24) is 9.55 Å². The third kappa shape index (κ3) is 3.46. The van der Waals surface area contributed by atoms with Crippen LogP contribution in [-0.2, 0) is 6.54 Å². The lowest BCUT2D eigenvalue weighted by molar-refractivity contribution is 0.718. The first kappa shape index (κ1) is 13.2. The highest BCUT2D eigenvalue weighted by Crippen LogP contribution is 1.95. The molecule has 1 aromatic rings. The zero-order valence-electron chi connectivity index (χ0n) is 5.93. The summed E-state index contributed by atoms with van der Waals surface area (Å²) < 4.78 is 1.81. The third-order valence-corrected chi connectivity index (χ3v) is 1.12. The van der Waals surface area contributed by atoms with E-state index in [-0.39, 0.29) is 24.8 Å². The molecule has 0 saturated carbocycles. The average Bonchev–Trinajstić information content (AvgIpc) is 2.18. The van der Waals surface area contributed by atoms with Crippen LogP contribution in [0.15, 0.2) is 12.4 Å². The fraction of sp³-hybridized carbons (Fsp3) is 0.400. The van der Waals surface area contributed by atoms with Gasteiger partial charge < -0.3 is 16.0 Å². The molecule has 0 unspecified atom stereocenters. The Morgan fingerprint density at radius 1 is 1.45 bits per heavy atom. The lowest BCUT2D eigenvalue weighted by Gasteiger charge is -1.98. The molecule has 0 fully saturated rings. The van der Waals surface area contributed by atoms with E-state index in [4.69, 9.17) is 11.5 Å². The summed E-state index contributed by atoms with van der Waals surface area (Å²) in [5.41, 5.74) is 10.7. The zero-order chi connectivity index (χ0) is 6.69. The molecule has 0 atom stereocenters. The van der Waals surface area contributed by atoms with E-state index >= 15 is 0 Å². The van der Waals surface area contributed by atoms with Gasteiger partial charge in [0, 0.05) is 25.5 Å². The van der Waals surface area contributed by atoms with Gasteiger partial charge in [0.25, 0.3) is 0 Å². The molecular formula is C5H12Cl2N4. The molecule has 0 aliphatic rings. The van der Waals surface area contributed by atoms with E-state index in [1.54, 1.807) is 10.8 Å². The van der Waals surface area contributed by atoms with Crippen LogP contribution >= 0.6 is 24.8 Å². The third-order valence-electron chi connectivity index (χ3n) is 1.12. The van der Waals surface area contributed by atoms with Crippen molar-refractivity contribution in [2.24, 2.45) is 5.73 Å². The van der Waals surface area contributed by atoms with Gasteiger partial charge in [-0.2, -0.15) is 0 Å². The van der Waals surface area contributed by atoms with Gasteiger partial charge in [-0.05, 0) is 0 Å². The minimum absolute atomic E-state index is 0. The predicted molar refractivity (Wildman–Crippen MR) is 50.2 cm³/mol. The number of halogens is 2. The number of imidazole rings is 1. The number of hydrogen-bond acceptors (Lipinski definition) is 3. The largest absolute Gasteiger partial charge is 0.369 e. The highest BCUT2D eigenvalue weighted by Gasteiger charge is 1.92. The Morgan fingerprint density at radius 2 is 2.09 bits per heavy atom. The Hall–Kier alpha value is -0.450. The normalized spacial score (nSPS) is 8.09. The van der Waals surface area contributed by atoms with E-state index in [9.17, 15) is 0 Å². The van der Waals surface area contributed by atoms with Crippen LogP contribution in [0, 0.1) is 0 Å². The second kappa shape index (κ2) is 6.27. The molecule has 0 aliphatic heterocycles. The molecule has 0 saturated heterocycles. The molecule has 0 aliphatic carbocycles. The van der Waals surface area contributed by atoms with Crippen molar-refractivity contribution in [2.45, 2.75) is 6.54 Å². The van der Waals surface area contributed by atoms with Crippen molar-refractivity contribution in [1.29, 1.82) is 0 Å². The number of nitrogen functional groups attached to an aromatic ring is 1. The van der Waals surface area contributed by atoms with Gasteiger partial charge in [-0.15, -0.1) is 24.8 Å². The lowest BCUT2D eigenvalue weighted by atomic mass is 10.6. The van der Waals surface area contributed by atoms with E-state index < -0.39 is 0 Å². The minimum Gasteiger partial charge on any atom is -0.369 e. The molecule has 1 heterocycles. The quantitative estimate of drug-likeness (QED) is 0.718. The van der Waals surface area contributed by atoms with Crippen LogP contribution in [0.5, 0.6) is 0 Å². The monoisotopic (exact) mass is 198 g/mol. The van der Waals surface area contributed by atoms with E-state index in [2.05, 4.69) is 4.98 Å². The molecule has 6 heteroatoms. The van der Waals surface area contributed by atoms with Crippen molar-refractivity contribution < 1.29 is 0 Å². The Labute approximate surface area is 77.8 Å². The second-order valence-corrected chi connectivity index (χ2v) is 1.77. The van der Waals surface area contributed by atoms with Gasteiger partial charge in [-0.3, -0.25) is 0 Å². The summed E-state index contributed by atoms with van der Waals surface area (Å²) in [4.78, 5) is 3.82. The molecular weight excluding hydrogens is 187 g/mol. The highest BCUT2D eigenvalue weighted by atomic mass is 35.5. The molecule has 4 nitrogen and oxygen atoms in total. The molecule has 0 bridgehead atoms. The maximum absolute atomic E-state index is 5.42. The van der Waals surface area contributed by atoms with Crippen molar-refractivity contribution >= 4 is 30.8 Å². The van der Waals surface area contributed by atoms with Crippen molar-refractivity contribution in [3.8, 4) is 0 Å². The van der Waals surface area contributed by atoms with Crippen LogP contribution in [0.3, 0.4) is 0 Å². The smallest absolute Gasteiger partial charge is 0.200 e. The van der Waals surface area contributed by atoms with E-state index in [0.29, 0.717) is 12.5 Å². The summed E-state index contributed by atoms with van der Waals surface area (Å²) >= 11 is 0. The standard InChI is InChI=1S/C5H10N4.2ClH/c6-1-3-9-4-2-8-5(9)7;;/h2,4H,1,3,6H2,(H2,7,8);2*1H. The molecule has 0 spiro atoms. The summed E-state index contributed by atoms with van der Waals surface area (Å²) in [5, 5.41) is 0. The van der Waals surface area contributed by atoms with Gasteiger partial charge in [-0.25, -0.2) is 4.98 Å². The topological polar surface area (TPSA) is 69.9 Å². The number of rotatable bonds is 2. The van der Waals surface area contributed by atoms with Crippen molar-refractivity contribution in [2.75, 3.05) is 12.3 Å². The molecule has 0 aromatic carbocycles. The molecule has 11 heavy (non-hydrogen) atoms. The maximum Gasteiger partial charge on any atom is 0.200 e. The Bertz CT molecular complexity index is 188. The first-order valence-electron chi connectivity index (χ1n) is 2.81. The molecule has 1 rings (SSSR count). The number of nitrogens with two attached hydrogens (primary N) is 2. The Morgan fingerprint density at radius 3 is 2.45 bits per heavy atom. The summed E-state index contributed by atoms with van der Waals surface area (Å²) in [7, 11) is 0. The number of aromatic nitrogens is 2. The maximum atomic E-state index is 5.42. The summed E-state index contributed by atoms with van der Waals surface area (Å²) in [6, 6.07) is 0. The van der Waals surface area contributed by atoms with Crippen LogP contribution in [0.2, 0.25) is 0 Å². The van der Waals surface area contributed by atoms with Gasteiger partial charge in [0.05, 0.1) is 0 Å². The predicted octanol–water partition coefficient (Wildman–Crippen LogP) is 0.268. The van der Waals surface area contributed by atoms with Crippen LogP contribution < -0.4 is 11.5 Å². The van der Waals surface area contributed by atoms with E-state index in [1.165, 1.54) is 0 Å². The highest BCUT2D eigenvalue weighted by molar-refractivity contribution is 5.85. The number of nitrogens with zero attached hydrogens (tertiary/aromatic N) is 2. The fourth-order valence-electron chi connectivity index (χ4n) is 0.669. The lowest BCUT2D eigenvalue weighted by Crippen LogP contribution is -2.11. The number of anilines is 1. The Kier molecular flexibility index (Phi) is 7.51. The SMILES string of the molecule is Cl.Cl.NCCn1ccnc1N. The van der Waals surface area contributed by atoms with Gasteiger partial charge in [0.1, 0.15) is 0 Å². The summed E-state index contributed by atoms with van der Waals surface area (Å²) in [6.45, 7) is 1.34. The van der Waals surface area contributed by atoms with Crippen LogP contribution in [0.25, 0.3) is 0 Å². The van der Waals surface area contributed by atoms with Crippen molar-refractivity contribution in [3.63, 3.8) is 0 Å². The van der Waals surface area contributed by atoms with E-state index in [0.717, 1.165) is 6.54 Å². The van der Waals surface area contributed by atoms with Crippen LogP contribution in [-0.4, -0.2) is 16.1 Å². The van der Waals surface area contributed by atoms with Gasteiger partial charge >= 0.3 is 0 Å². The number of hydrogen-bond donors (Lipinski definition) is 2. The molecule has 0 amide bonds. The van der Waals surface area contributed by atoms with Gasteiger partial charge in [0.15, 0.2) is 5.95 Å². The average molecular weight is 199 g/mol. The van der Waals surface area contributed by atoms with E-state index in [1.807, 2.05) is 6.20 Å². The first-order chi connectivity index (χ1) is 4.34. The van der Waals surface area contributed by atoms with Crippen LogP contribution in [0.1, 0.15) is 0 Å². The molecule has 0 radical (unpaired) electrons. The first-order valence-corrected chi connectivity index (χ1v) is 2.81. The van der Waals surface area contributed by atoms with Crippen LogP contribution in [0.4, 0.5) is 5.95 Å². The molecule has 1 aromatic heterocycles. The zero-order valence-corrected chi connectivity index (χ0v) is 7.57. The molecule has 4 N–H and O–H groups in total. The molecule has 66 valence electrons. The second-order valence-electron chi connectivity index (χ2n) is 1.77. The minimum atomic E-state index is 0. The fourth-order valence-corrected chi connectivity index (χ4v) is 0.669.